The largest absolute Gasteiger partial charge is 0.391 e. The van der Waals surface area contributed by atoms with Gasteiger partial charge in [0.25, 0.3) is 0 Å². The lowest BCUT2D eigenvalue weighted by atomic mass is 9.80. The van der Waals surface area contributed by atoms with Gasteiger partial charge in [0.1, 0.15) is 0 Å². The summed E-state index contributed by atoms with van der Waals surface area (Å²) < 4.78 is 40.9. The van der Waals surface area contributed by atoms with E-state index in [4.69, 9.17) is 5.10 Å². The Morgan fingerprint density at radius 3 is 2.52 bits per heavy atom. The number of nitrogens with one attached hydrogen (secondary N) is 1. The number of aromatic nitrogens is 3. The van der Waals surface area contributed by atoms with Crippen LogP contribution in [0.15, 0.2) is 12.1 Å². The molecule has 0 radical (unpaired) electrons. The van der Waals surface area contributed by atoms with E-state index in [1.807, 2.05) is 28.5 Å². The average Bonchev–Trinajstić information content (AvgIpc) is 3.16. The molecule has 6 nitrogen and oxygen atoms in total. The first-order chi connectivity index (χ1) is 14.7. The molecule has 3 heterocycles. The second-order valence-electron chi connectivity index (χ2n) is 9.13. The van der Waals surface area contributed by atoms with Gasteiger partial charge in [-0.05, 0) is 51.0 Å². The number of alkyl halides is 3. The molecule has 0 unspecified atom stereocenters. The van der Waals surface area contributed by atoms with Gasteiger partial charge >= 0.3 is 12.2 Å². The molecule has 0 bridgehead atoms. The standard InChI is InChI=1S/C22H30F3N5O/c1-13-8-9-29(21(31)26-3)12-17(13)19-10-14(2)27-20-11-18(28-30(19)20)15-4-6-16(7-5-15)22(23,24)25/h10-11,13,15-17H,4-9,12H2,1-3H3,(H,26,31)/t13-,15?,16?,17-/m0/s1. The quantitative estimate of drug-likeness (QED) is 0.745. The first kappa shape index (κ1) is 21.9. The lowest BCUT2D eigenvalue weighted by molar-refractivity contribution is -0.182. The predicted molar refractivity (Wildman–Crippen MR) is 111 cm³/mol. The van der Waals surface area contributed by atoms with Gasteiger partial charge in [0.2, 0.25) is 0 Å². The molecule has 2 atom stereocenters. The van der Waals surface area contributed by atoms with Gasteiger partial charge < -0.3 is 10.2 Å². The van der Waals surface area contributed by atoms with Crippen molar-refractivity contribution in [2.24, 2.45) is 11.8 Å². The number of carbonyl (C=O) groups excluding carboxylic acids is 1. The third-order valence-corrected chi connectivity index (χ3v) is 7.05. The Bertz CT molecular complexity index is 949. The van der Waals surface area contributed by atoms with E-state index in [0.717, 1.165) is 35.7 Å². The fraction of sp³-hybridized carbons (Fsp3) is 0.682. The minimum atomic E-state index is -4.11. The topological polar surface area (TPSA) is 62.5 Å². The van der Waals surface area contributed by atoms with Crippen LogP contribution in [-0.2, 0) is 0 Å². The molecular formula is C22H30F3N5O. The van der Waals surface area contributed by atoms with Gasteiger partial charge in [-0.25, -0.2) is 14.3 Å². The smallest absolute Gasteiger partial charge is 0.341 e. The third-order valence-electron chi connectivity index (χ3n) is 7.05. The number of amides is 2. The van der Waals surface area contributed by atoms with Crippen molar-refractivity contribution >= 4 is 11.7 Å². The fourth-order valence-corrected chi connectivity index (χ4v) is 5.12. The fourth-order valence-electron chi connectivity index (χ4n) is 5.12. The summed E-state index contributed by atoms with van der Waals surface area (Å²) in [5, 5.41) is 7.52. The molecule has 2 aromatic rings. The minimum Gasteiger partial charge on any atom is -0.341 e. The molecule has 1 aliphatic heterocycles. The van der Waals surface area contributed by atoms with Gasteiger partial charge in [-0.1, -0.05) is 6.92 Å². The summed E-state index contributed by atoms with van der Waals surface area (Å²) in [5.41, 5.74) is 3.44. The Morgan fingerprint density at radius 1 is 1.16 bits per heavy atom. The van der Waals surface area contributed by atoms with Crippen molar-refractivity contribution < 1.29 is 18.0 Å². The Morgan fingerprint density at radius 2 is 1.87 bits per heavy atom. The molecular weight excluding hydrogens is 407 g/mol. The van der Waals surface area contributed by atoms with Crippen LogP contribution < -0.4 is 5.32 Å². The van der Waals surface area contributed by atoms with Crippen LogP contribution >= 0.6 is 0 Å². The number of piperidine rings is 1. The summed E-state index contributed by atoms with van der Waals surface area (Å²) in [6, 6.07) is 3.87. The molecule has 1 aliphatic carbocycles. The van der Waals surface area contributed by atoms with Gasteiger partial charge in [0, 0.05) is 43.7 Å². The SMILES string of the molecule is CNC(=O)N1CC[C@H](C)[C@@H](c2cc(C)nc3cc(C4CCC(C(F)(F)F)CC4)nn23)C1. The summed E-state index contributed by atoms with van der Waals surface area (Å²) >= 11 is 0. The zero-order valence-corrected chi connectivity index (χ0v) is 18.2. The molecule has 2 aliphatic rings. The third kappa shape index (κ3) is 4.36. The van der Waals surface area contributed by atoms with E-state index >= 15 is 0 Å². The lowest BCUT2D eigenvalue weighted by Crippen LogP contribution is -2.46. The monoisotopic (exact) mass is 437 g/mol. The molecule has 1 saturated heterocycles. The number of hydrogen-bond donors (Lipinski definition) is 1. The minimum absolute atomic E-state index is 0.0274. The summed E-state index contributed by atoms with van der Waals surface area (Å²) in [7, 11) is 1.64. The van der Waals surface area contributed by atoms with Crippen LogP contribution in [0, 0.1) is 18.8 Å². The maximum atomic E-state index is 13.0. The van der Waals surface area contributed by atoms with Crippen LogP contribution in [0.3, 0.4) is 0 Å². The van der Waals surface area contributed by atoms with Crippen LogP contribution in [-0.4, -0.2) is 51.8 Å². The second kappa shape index (κ2) is 8.31. The summed E-state index contributed by atoms with van der Waals surface area (Å²) in [4.78, 5) is 18.6. The van der Waals surface area contributed by atoms with Gasteiger partial charge in [-0.3, -0.25) is 0 Å². The molecule has 2 aromatic heterocycles. The van der Waals surface area contributed by atoms with Crippen molar-refractivity contribution in [2.45, 2.75) is 64.0 Å². The lowest BCUT2D eigenvalue weighted by Gasteiger charge is -2.37. The van der Waals surface area contributed by atoms with E-state index in [1.54, 1.807) is 7.05 Å². The summed E-state index contributed by atoms with van der Waals surface area (Å²) in [6.07, 6.45) is -1.91. The normalized spacial score (nSPS) is 27.5. The van der Waals surface area contributed by atoms with Crippen LogP contribution in [0.2, 0.25) is 0 Å². The number of rotatable bonds is 2. The number of likely N-dealkylation sites (tertiary alicyclic amines) is 1. The van der Waals surface area contributed by atoms with Crippen molar-refractivity contribution in [1.82, 2.24) is 24.8 Å². The predicted octanol–water partition coefficient (Wildman–Crippen LogP) is 4.64. The number of urea groups is 1. The highest BCUT2D eigenvalue weighted by atomic mass is 19.4. The maximum absolute atomic E-state index is 13.0. The highest BCUT2D eigenvalue weighted by molar-refractivity contribution is 5.74. The van der Waals surface area contributed by atoms with Gasteiger partial charge in [0.15, 0.2) is 5.65 Å². The molecule has 0 spiro atoms. The van der Waals surface area contributed by atoms with Gasteiger partial charge in [-0.15, -0.1) is 0 Å². The number of aryl methyl sites for hydroxylation is 1. The number of halogens is 3. The molecule has 1 N–H and O–H groups in total. The molecule has 31 heavy (non-hydrogen) atoms. The highest BCUT2D eigenvalue weighted by Gasteiger charge is 2.42. The number of carbonyl (C=O) groups is 1. The van der Waals surface area contributed by atoms with Crippen molar-refractivity contribution in [3.63, 3.8) is 0 Å². The first-order valence-electron chi connectivity index (χ1n) is 11.1. The van der Waals surface area contributed by atoms with E-state index in [2.05, 4.69) is 17.2 Å². The Kier molecular flexibility index (Phi) is 5.87. The van der Waals surface area contributed by atoms with E-state index in [1.165, 1.54) is 0 Å². The van der Waals surface area contributed by atoms with E-state index in [0.29, 0.717) is 25.3 Å². The number of fused-ring (bicyclic) bond motifs is 1. The molecule has 1 saturated carbocycles. The Hall–Kier alpha value is -2.32. The van der Waals surface area contributed by atoms with Crippen molar-refractivity contribution in [2.75, 3.05) is 20.1 Å². The Labute approximate surface area is 180 Å². The van der Waals surface area contributed by atoms with Crippen LogP contribution in [0.25, 0.3) is 5.65 Å². The molecule has 0 aromatic carbocycles. The highest BCUT2D eigenvalue weighted by Crippen LogP contribution is 2.43. The van der Waals surface area contributed by atoms with E-state index in [9.17, 15) is 18.0 Å². The van der Waals surface area contributed by atoms with Crippen LogP contribution in [0.1, 0.15) is 67.9 Å². The van der Waals surface area contributed by atoms with Crippen molar-refractivity contribution in [3.8, 4) is 0 Å². The number of hydrogen-bond acceptors (Lipinski definition) is 3. The molecule has 170 valence electrons. The first-order valence-corrected chi connectivity index (χ1v) is 11.1. The van der Waals surface area contributed by atoms with Crippen LogP contribution in [0.4, 0.5) is 18.0 Å². The van der Waals surface area contributed by atoms with Crippen molar-refractivity contribution in [1.29, 1.82) is 0 Å². The Balaban J connectivity index is 1.62. The van der Waals surface area contributed by atoms with Crippen molar-refractivity contribution in [3.05, 3.63) is 29.2 Å². The summed E-state index contributed by atoms with van der Waals surface area (Å²) in [5.74, 6) is -0.681. The average molecular weight is 438 g/mol. The van der Waals surface area contributed by atoms with E-state index in [-0.39, 0.29) is 30.7 Å². The molecule has 2 amide bonds. The zero-order chi connectivity index (χ0) is 22.3. The molecule has 9 heteroatoms. The second-order valence-corrected chi connectivity index (χ2v) is 9.13. The van der Waals surface area contributed by atoms with E-state index < -0.39 is 12.1 Å². The van der Waals surface area contributed by atoms with Crippen LogP contribution in [0.5, 0.6) is 0 Å². The molecule has 2 fully saturated rings. The maximum Gasteiger partial charge on any atom is 0.391 e. The van der Waals surface area contributed by atoms with Gasteiger partial charge in [-0.2, -0.15) is 18.3 Å². The molecule has 4 rings (SSSR count). The number of nitrogens with zero attached hydrogens (tertiary/aromatic N) is 4. The van der Waals surface area contributed by atoms with Gasteiger partial charge in [0.05, 0.1) is 17.3 Å². The zero-order valence-electron chi connectivity index (χ0n) is 18.2. The summed E-state index contributed by atoms with van der Waals surface area (Å²) in [6.45, 7) is 5.45.